The number of rotatable bonds is 5. The van der Waals surface area contributed by atoms with Crippen molar-refractivity contribution >= 4 is 39.0 Å². The van der Waals surface area contributed by atoms with Crippen molar-refractivity contribution in [1.82, 2.24) is 4.98 Å². The van der Waals surface area contributed by atoms with Gasteiger partial charge in [0.15, 0.2) is 5.78 Å². The summed E-state index contributed by atoms with van der Waals surface area (Å²) in [6, 6.07) is 11.6. The number of aromatic nitrogens is 1. The number of hydrogen-bond donors (Lipinski definition) is 1. The molecule has 130 valence electrons. The van der Waals surface area contributed by atoms with Gasteiger partial charge in [0, 0.05) is 29.1 Å². The van der Waals surface area contributed by atoms with Crippen molar-refractivity contribution in [3.05, 3.63) is 64.0 Å². The smallest absolute Gasteiger partial charge is 0.167 e. The molecule has 25 heavy (non-hydrogen) atoms. The van der Waals surface area contributed by atoms with Gasteiger partial charge in [-0.15, -0.1) is 11.8 Å². The lowest BCUT2D eigenvalue weighted by Crippen LogP contribution is -2.19. The largest absolute Gasteiger partial charge is 0.512 e. The maximum Gasteiger partial charge on any atom is 0.167 e. The molecule has 2 aromatic rings. The molecule has 5 heteroatoms. The van der Waals surface area contributed by atoms with Gasteiger partial charge in [0.2, 0.25) is 0 Å². The molecule has 0 aliphatic heterocycles. The highest BCUT2D eigenvalue weighted by molar-refractivity contribution is 9.10. The van der Waals surface area contributed by atoms with Crippen LogP contribution in [0.2, 0.25) is 0 Å². The number of hydrogen-bond acceptors (Lipinski definition) is 4. The quantitative estimate of drug-likeness (QED) is 0.644. The molecule has 3 nitrogen and oxygen atoms in total. The van der Waals surface area contributed by atoms with Gasteiger partial charge in [-0.2, -0.15) is 0 Å². The predicted molar refractivity (Wildman–Crippen MR) is 106 cm³/mol. The van der Waals surface area contributed by atoms with E-state index in [9.17, 15) is 9.90 Å². The fraction of sp³-hybridized carbons (Fsp3) is 0.300. The number of thioether (sulfide) groups is 1. The number of Topliss-reactive ketones (excluding diaryl/α,β-unsaturated/α-hetero) is 1. The van der Waals surface area contributed by atoms with Gasteiger partial charge in [0.05, 0.1) is 10.6 Å². The Morgan fingerprint density at radius 1 is 1.24 bits per heavy atom. The average molecular weight is 418 g/mol. The number of nitrogens with zero attached hydrogens (tertiary/aromatic N) is 1. The van der Waals surface area contributed by atoms with Gasteiger partial charge < -0.3 is 5.11 Å². The van der Waals surface area contributed by atoms with Gasteiger partial charge >= 0.3 is 0 Å². The molecule has 1 atom stereocenters. The van der Waals surface area contributed by atoms with Crippen LogP contribution < -0.4 is 0 Å². The highest BCUT2D eigenvalue weighted by atomic mass is 79.9. The number of aliphatic hydroxyl groups excluding tert-OH is 1. The Labute approximate surface area is 160 Å². The number of carbonyl (C=O) groups is 1. The van der Waals surface area contributed by atoms with E-state index in [1.807, 2.05) is 43.5 Å². The van der Waals surface area contributed by atoms with Gasteiger partial charge in [-0.3, -0.25) is 4.79 Å². The Bertz CT molecular complexity index is 802. The molecule has 0 saturated carbocycles. The second kappa shape index (κ2) is 8.19. The molecule has 0 fully saturated rings. The van der Waals surface area contributed by atoms with Crippen LogP contribution in [0.1, 0.15) is 30.4 Å². The monoisotopic (exact) mass is 417 g/mol. The van der Waals surface area contributed by atoms with Crippen LogP contribution >= 0.6 is 27.7 Å². The summed E-state index contributed by atoms with van der Waals surface area (Å²) in [6.45, 7) is 2.02. The van der Waals surface area contributed by atoms with Crippen LogP contribution in [-0.2, 0) is 4.79 Å². The average Bonchev–Trinajstić information content (AvgIpc) is 2.58. The van der Waals surface area contributed by atoms with E-state index < -0.39 is 0 Å². The lowest BCUT2D eigenvalue weighted by molar-refractivity contribution is -0.115. The maximum atomic E-state index is 12.6. The second-order valence-corrected chi connectivity index (χ2v) is 8.28. The summed E-state index contributed by atoms with van der Waals surface area (Å²) in [4.78, 5) is 17.0. The minimum atomic E-state index is 0.0270. The first-order chi connectivity index (χ1) is 12.0. The Kier molecular flexibility index (Phi) is 5.97. The molecule has 1 aromatic heterocycles. The zero-order chi connectivity index (χ0) is 17.8. The first-order valence-electron chi connectivity index (χ1n) is 8.30. The van der Waals surface area contributed by atoms with Crippen LogP contribution in [0.25, 0.3) is 5.57 Å². The number of allylic oxidation sites excluding steroid dienone is 2. The predicted octanol–water partition coefficient (Wildman–Crippen LogP) is 5.58. The molecule has 1 N–H and O–H groups in total. The highest BCUT2D eigenvalue weighted by Gasteiger charge is 2.29. The lowest BCUT2D eigenvalue weighted by atomic mass is 9.83. The van der Waals surface area contributed by atoms with Crippen molar-refractivity contribution in [2.75, 3.05) is 5.75 Å². The van der Waals surface area contributed by atoms with E-state index in [1.165, 1.54) is 0 Å². The SMILES string of the molecule is Cc1ccc(SCCC2CC(=O)C(c3ccccc3Br)=C(O)C2)nc1. The zero-order valence-corrected chi connectivity index (χ0v) is 16.4. The van der Waals surface area contributed by atoms with E-state index in [-0.39, 0.29) is 17.5 Å². The number of benzene rings is 1. The van der Waals surface area contributed by atoms with Crippen LogP contribution in [0.3, 0.4) is 0 Å². The molecule has 3 rings (SSSR count). The standard InChI is InChI=1S/C20H20BrNO2S/c1-13-6-7-19(22-12-13)25-9-8-14-10-17(23)20(18(24)11-14)15-4-2-3-5-16(15)21/h2-7,12,14,23H,8-11H2,1H3. The van der Waals surface area contributed by atoms with Gasteiger partial charge in [-0.1, -0.05) is 40.2 Å². The molecule has 1 heterocycles. The van der Waals surface area contributed by atoms with Gasteiger partial charge in [-0.25, -0.2) is 4.98 Å². The maximum absolute atomic E-state index is 12.6. The van der Waals surface area contributed by atoms with E-state index in [2.05, 4.69) is 27.0 Å². The Morgan fingerprint density at radius 3 is 2.72 bits per heavy atom. The minimum Gasteiger partial charge on any atom is -0.512 e. The first kappa shape index (κ1) is 18.2. The van der Waals surface area contributed by atoms with Crippen molar-refractivity contribution in [1.29, 1.82) is 0 Å². The highest BCUT2D eigenvalue weighted by Crippen LogP contribution is 2.36. The number of carbonyl (C=O) groups excluding carboxylic acids is 1. The summed E-state index contributed by atoms with van der Waals surface area (Å²) in [6.07, 6.45) is 3.80. The Hall–Kier alpha value is -1.59. The normalized spacial score (nSPS) is 17.8. The summed E-state index contributed by atoms with van der Waals surface area (Å²) >= 11 is 5.16. The van der Waals surface area contributed by atoms with Crippen molar-refractivity contribution in [2.24, 2.45) is 5.92 Å². The number of pyridine rings is 1. The zero-order valence-electron chi connectivity index (χ0n) is 14.0. The van der Waals surface area contributed by atoms with Gasteiger partial charge in [0.25, 0.3) is 0 Å². The molecule has 1 aliphatic carbocycles. The van der Waals surface area contributed by atoms with Crippen molar-refractivity contribution in [3.8, 4) is 0 Å². The van der Waals surface area contributed by atoms with Crippen LogP contribution in [0.4, 0.5) is 0 Å². The third-order valence-electron chi connectivity index (χ3n) is 4.33. The fourth-order valence-electron chi connectivity index (χ4n) is 3.02. The second-order valence-electron chi connectivity index (χ2n) is 6.31. The molecule has 0 amide bonds. The van der Waals surface area contributed by atoms with Crippen LogP contribution in [0, 0.1) is 12.8 Å². The molecule has 0 bridgehead atoms. The summed E-state index contributed by atoms with van der Waals surface area (Å²) in [5.74, 6) is 1.33. The van der Waals surface area contributed by atoms with E-state index >= 15 is 0 Å². The van der Waals surface area contributed by atoms with E-state index in [4.69, 9.17) is 0 Å². The molecule has 0 radical (unpaired) electrons. The fourth-order valence-corrected chi connectivity index (χ4v) is 4.45. The lowest BCUT2D eigenvalue weighted by Gasteiger charge is -2.24. The molecule has 0 saturated heterocycles. The molecule has 1 unspecified atom stereocenters. The van der Waals surface area contributed by atoms with Crippen LogP contribution in [-0.4, -0.2) is 21.6 Å². The summed E-state index contributed by atoms with van der Waals surface area (Å²) in [7, 11) is 0. The molecule has 1 aromatic carbocycles. The van der Waals surface area contributed by atoms with E-state index in [1.54, 1.807) is 11.8 Å². The first-order valence-corrected chi connectivity index (χ1v) is 10.1. The Morgan fingerprint density at radius 2 is 2.04 bits per heavy atom. The minimum absolute atomic E-state index is 0.0270. The summed E-state index contributed by atoms with van der Waals surface area (Å²) in [5.41, 5.74) is 2.40. The number of aliphatic hydroxyl groups is 1. The third-order valence-corrected chi connectivity index (χ3v) is 6.00. The van der Waals surface area contributed by atoms with Crippen LogP contribution in [0.15, 0.2) is 57.9 Å². The topological polar surface area (TPSA) is 50.2 Å². The van der Waals surface area contributed by atoms with Gasteiger partial charge in [-0.05, 0) is 42.7 Å². The number of ketones is 1. The summed E-state index contributed by atoms with van der Waals surface area (Å²) < 4.78 is 0.837. The van der Waals surface area contributed by atoms with Gasteiger partial charge in [0.1, 0.15) is 5.76 Å². The number of aryl methyl sites for hydroxylation is 1. The number of halogens is 1. The van der Waals surface area contributed by atoms with Crippen LogP contribution in [0.5, 0.6) is 0 Å². The molecule has 0 spiro atoms. The molecular formula is C20H20BrNO2S. The third kappa shape index (κ3) is 4.53. The van der Waals surface area contributed by atoms with Crippen molar-refractivity contribution < 1.29 is 9.90 Å². The van der Waals surface area contributed by atoms with E-state index in [0.29, 0.717) is 18.4 Å². The molecular weight excluding hydrogens is 398 g/mol. The molecule has 1 aliphatic rings. The van der Waals surface area contributed by atoms with Crippen molar-refractivity contribution in [3.63, 3.8) is 0 Å². The van der Waals surface area contributed by atoms with Crippen molar-refractivity contribution in [2.45, 2.75) is 31.2 Å². The summed E-state index contributed by atoms with van der Waals surface area (Å²) in [5, 5.41) is 11.5. The van der Waals surface area contributed by atoms with E-state index in [0.717, 1.165) is 32.8 Å². The Balaban J connectivity index is 1.63.